The van der Waals surface area contributed by atoms with Gasteiger partial charge in [0.15, 0.2) is 0 Å². The summed E-state index contributed by atoms with van der Waals surface area (Å²) in [5.41, 5.74) is -0.737. The molecule has 2 heterocycles. The maximum absolute atomic E-state index is 13.2. The second-order valence-corrected chi connectivity index (χ2v) is 8.26. The molecule has 1 aliphatic rings. The number of alkyl halides is 3. The van der Waals surface area contributed by atoms with Gasteiger partial charge in [0.2, 0.25) is 10.0 Å². The average Bonchev–Trinajstić information content (AvgIpc) is 2.66. The number of hydrogen-bond acceptors (Lipinski definition) is 5. The van der Waals surface area contributed by atoms with Gasteiger partial charge >= 0.3 is 6.18 Å². The number of ether oxygens (including phenoxy) is 1. The summed E-state index contributed by atoms with van der Waals surface area (Å²) in [7, 11) is -4.41. The standard InChI is InChI=1S/C17H17ClF3N3O3S/c18-13-1-2-15(14(10-13)17(19,20)21)28(25,26)23-11-12-3-4-22-16(9-12)24-5-7-27-8-6-24/h1-4,9-10,23H,5-8,11H2. The smallest absolute Gasteiger partial charge is 0.378 e. The van der Waals surface area contributed by atoms with Crippen LogP contribution in [0, 0.1) is 0 Å². The van der Waals surface area contributed by atoms with E-state index < -0.39 is 26.7 Å². The van der Waals surface area contributed by atoms with Gasteiger partial charge in [0.25, 0.3) is 0 Å². The minimum atomic E-state index is -4.85. The highest BCUT2D eigenvalue weighted by molar-refractivity contribution is 7.89. The van der Waals surface area contributed by atoms with Crippen molar-refractivity contribution < 1.29 is 26.3 Å². The molecule has 0 saturated carbocycles. The zero-order chi connectivity index (χ0) is 20.4. The lowest BCUT2D eigenvalue weighted by atomic mass is 10.2. The molecule has 0 aliphatic carbocycles. The Morgan fingerprint density at radius 3 is 2.57 bits per heavy atom. The molecule has 0 bridgehead atoms. The molecule has 1 aromatic carbocycles. The van der Waals surface area contributed by atoms with Crippen molar-refractivity contribution in [1.29, 1.82) is 0 Å². The fourth-order valence-corrected chi connectivity index (χ4v) is 4.15. The van der Waals surface area contributed by atoms with E-state index in [0.717, 1.165) is 12.1 Å². The molecular weight excluding hydrogens is 419 g/mol. The molecule has 0 unspecified atom stereocenters. The molecule has 1 fully saturated rings. The van der Waals surface area contributed by atoms with Crippen LogP contribution in [0.1, 0.15) is 11.1 Å². The molecule has 0 atom stereocenters. The molecule has 152 valence electrons. The Morgan fingerprint density at radius 1 is 1.18 bits per heavy atom. The van der Waals surface area contributed by atoms with Crippen LogP contribution in [0.4, 0.5) is 19.0 Å². The van der Waals surface area contributed by atoms with Gasteiger partial charge in [-0.3, -0.25) is 0 Å². The summed E-state index contributed by atoms with van der Waals surface area (Å²) in [5.74, 6) is 0.655. The first-order valence-electron chi connectivity index (χ1n) is 8.31. The first kappa shape index (κ1) is 20.8. The van der Waals surface area contributed by atoms with Crippen LogP contribution in [0.15, 0.2) is 41.4 Å². The van der Waals surface area contributed by atoms with Gasteiger partial charge in [-0.25, -0.2) is 18.1 Å². The van der Waals surface area contributed by atoms with Crippen molar-refractivity contribution in [2.24, 2.45) is 0 Å². The molecule has 1 N–H and O–H groups in total. The predicted octanol–water partition coefficient (Wildman–Crippen LogP) is 3.07. The van der Waals surface area contributed by atoms with Gasteiger partial charge in [0, 0.05) is 30.9 Å². The van der Waals surface area contributed by atoms with Crippen LogP contribution in [0.25, 0.3) is 0 Å². The lowest BCUT2D eigenvalue weighted by Crippen LogP contribution is -2.36. The fourth-order valence-electron chi connectivity index (χ4n) is 2.75. The van der Waals surface area contributed by atoms with E-state index in [4.69, 9.17) is 16.3 Å². The van der Waals surface area contributed by atoms with E-state index in [0.29, 0.717) is 43.8 Å². The topological polar surface area (TPSA) is 71.5 Å². The Kier molecular flexibility index (Phi) is 6.13. The lowest BCUT2D eigenvalue weighted by Gasteiger charge is -2.28. The van der Waals surface area contributed by atoms with Crippen molar-refractivity contribution in [2.45, 2.75) is 17.6 Å². The summed E-state index contributed by atoms with van der Waals surface area (Å²) >= 11 is 5.60. The summed E-state index contributed by atoms with van der Waals surface area (Å²) in [5, 5.41) is -0.199. The van der Waals surface area contributed by atoms with Crippen molar-refractivity contribution in [2.75, 3.05) is 31.2 Å². The summed E-state index contributed by atoms with van der Waals surface area (Å²) < 4.78 is 72.1. The molecule has 28 heavy (non-hydrogen) atoms. The van der Waals surface area contributed by atoms with Gasteiger partial charge in [-0.15, -0.1) is 0 Å². The molecule has 0 radical (unpaired) electrons. The minimum Gasteiger partial charge on any atom is -0.378 e. The van der Waals surface area contributed by atoms with Crippen molar-refractivity contribution in [3.05, 3.63) is 52.7 Å². The number of sulfonamides is 1. The van der Waals surface area contributed by atoms with Gasteiger partial charge in [-0.2, -0.15) is 13.2 Å². The van der Waals surface area contributed by atoms with Crippen LogP contribution >= 0.6 is 11.6 Å². The molecule has 1 saturated heterocycles. The average molecular weight is 436 g/mol. The maximum Gasteiger partial charge on any atom is 0.417 e. The summed E-state index contributed by atoms with van der Waals surface area (Å²) in [6.45, 7) is 2.26. The molecule has 2 aromatic rings. The van der Waals surface area contributed by atoms with Crippen molar-refractivity contribution in [3.8, 4) is 0 Å². The number of nitrogens with zero attached hydrogens (tertiary/aromatic N) is 2. The van der Waals surface area contributed by atoms with Crippen LogP contribution in [0.3, 0.4) is 0 Å². The van der Waals surface area contributed by atoms with Crippen molar-refractivity contribution >= 4 is 27.4 Å². The first-order valence-corrected chi connectivity index (χ1v) is 10.2. The first-order chi connectivity index (χ1) is 13.2. The number of nitrogens with one attached hydrogen (secondary N) is 1. The number of aromatic nitrogens is 1. The molecule has 6 nitrogen and oxygen atoms in total. The van der Waals surface area contributed by atoms with Gasteiger partial charge in [0.1, 0.15) is 5.82 Å². The van der Waals surface area contributed by atoms with Gasteiger partial charge in [-0.1, -0.05) is 11.6 Å². The molecule has 1 aliphatic heterocycles. The van der Waals surface area contributed by atoms with Crippen LogP contribution in [-0.4, -0.2) is 39.7 Å². The third-order valence-electron chi connectivity index (χ3n) is 4.15. The highest BCUT2D eigenvalue weighted by Gasteiger charge is 2.37. The quantitative estimate of drug-likeness (QED) is 0.781. The van der Waals surface area contributed by atoms with E-state index in [9.17, 15) is 21.6 Å². The maximum atomic E-state index is 13.2. The molecule has 0 amide bonds. The predicted molar refractivity (Wildman–Crippen MR) is 97.7 cm³/mol. The van der Waals surface area contributed by atoms with Crippen molar-refractivity contribution in [1.82, 2.24) is 9.71 Å². The van der Waals surface area contributed by atoms with Crippen LogP contribution in [0.5, 0.6) is 0 Å². The van der Waals surface area contributed by atoms with Crippen LogP contribution in [0.2, 0.25) is 5.02 Å². The molecule has 3 rings (SSSR count). The number of morpholine rings is 1. The van der Waals surface area contributed by atoms with E-state index in [1.165, 1.54) is 6.20 Å². The van der Waals surface area contributed by atoms with Gasteiger partial charge in [0.05, 0.1) is 23.7 Å². The van der Waals surface area contributed by atoms with E-state index >= 15 is 0 Å². The monoisotopic (exact) mass is 435 g/mol. The molecule has 11 heteroatoms. The zero-order valence-electron chi connectivity index (χ0n) is 14.5. The third kappa shape index (κ3) is 4.93. The van der Waals surface area contributed by atoms with Gasteiger partial charge < -0.3 is 9.64 Å². The number of benzene rings is 1. The zero-order valence-corrected chi connectivity index (χ0v) is 16.1. The normalized spacial score (nSPS) is 15.6. The van der Waals surface area contributed by atoms with E-state index in [2.05, 4.69) is 9.71 Å². The van der Waals surface area contributed by atoms with E-state index in [1.807, 2.05) is 4.90 Å². The Morgan fingerprint density at radius 2 is 1.89 bits per heavy atom. The largest absolute Gasteiger partial charge is 0.417 e. The molecular formula is C17H17ClF3N3O3S. The molecule has 1 aromatic heterocycles. The van der Waals surface area contributed by atoms with Crippen LogP contribution < -0.4 is 9.62 Å². The highest BCUT2D eigenvalue weighted by atomic mass is 35.5. The summed E-state index contributed by atoms with van der Waals surface area (Å²) in [6, 6.07) is 5.84. The number of hydrogen-bond donors (Lipinski definition) is 1. The Hall–Kier alpha value is -1.88. The summed E-state index contributed by atoms with van der Waals surface area (Å²) in [6.07, 6.45) is -3.33. The Bertz CT molecular complexity index is 948. The second kappa shape index (κ2) is 8.24. The number of rotatable bonds is 5. The lowest BCUT2D eigenvalue weighted by molar-refractivity contribution is -0.139. The number of pyridine rings is 1. The van der Waals surface area contributed by atoms with Gasteiger partial charge in [-0.05, 0) is 35.9 Å². The van der Waals surface area contributed by atoms with Crippen molar-refractivity contribution in [3.63, 3.8) is 0 Å². The van der Waals surface area contributed by atoms with E-state index in [-0.39, 0.29) is 11.6 Å². The Labute approximate surface area is 165 Å². The summed E-state index contributed by atoms with van der Waals surface area (Å²) in [4.78, 5) is 5.37. The Balaban J connectivity index is 1.79. The minimum absolute atomic E-state index is 0.178. The SMILES string of the molecule is O=S(=O)(NCc1ccnc(N2CCOCC2)c1)c1ccc(Cl)cc1C(F)(F)F. The highest BCUT2D eigenvalue weighted by Crippen LogP contribution is 2.35. The number of anilines is 1. The fraction of sp³-hybridized carbons (Fsp3) is 0.353. The number of halogens is 4. The van der Waals surface area contributed by atoms with E-state index in [1.54, 1.807) is 12.1 Å². The second-order valence-electron chi connectivity index (χ2n) is 6.08. The molecule has 0 spiro atoms. The third-order valence-corrected chi connectivity index (χ3v) is 5.84. The van der Waals surface area contributed by atoms with Crippen LogP contribution in [-0.2, 0) is 27.5 Å².